The SMILES string of the molecule is Cc1ccsc1-c1nnc(I)s1. The highest BCUT2D eigenvalue weighted by Crippen LogP contribution is 2.31. The van der Waals surface area contributed by atoms with Crippen LogP contribution in [0, 0.1) is 9.94 Å². The van der Waals surface area contributed by atoms with E-state index in [1.165, 1.54) is 10.4 Å². The summed E-state index contributed by atoms with van der Waals surface area (Å²) in [5, 5.41) is 11.2. The monoisotopic (exact) mass is 308 g/mol. The number of nitrogens with zero attached hydrogens (tertiary/aromatic N) is 2. The molecule has 0 unspecified atom stereocenters. The van der Waals surface area contributed by atoms with Crippen LogP contribution >= 0.6 is 45.3 Å². The number of rotatable bonds is 1. The lowest BCUT2D eigenvalue weighted by atomic mass is 10.3. The van der Waals surface area contributed by atoms with E-state index >= 15 is 0 Å². The molecular weight excluding hydrogens is 303 g/mol. The van der Waals surface area contributed by atoms with E-state index in [-0.39, 0.29) is 0 Å². The van der Waals surface area contributed by atoms with Crippen LogP contribution in [0.3, 0.4) is 0 Å². The van der Waals surface area contributed by atoms with Gasteiger partial charge in [0.05, 0.1) is 4.88 Å². The lowest BCUT2D eigenvalue weighted by Crippen LogP contribution is -1.73. The van der Waals surface area contributed by atoms with Crippen molar-refractivity contribution >= 4 is 45.3 Å². The van der Waals surface area contributed by atoms with Crippen molar-refractivity contribution < 1.29 is 0 Å². The first-order chi connectivity index (χ1) is 5.77. The summed E-state index contributed by atoms with van der Waals surface area (Å²) in [7, 11) is 0. The van der Waals surface area contributed by atoms with Gasteiger partial charge in [-0.25, -0.2) is 0 Å². The second-order valence-corrected chi connectivity index (χ2v) is 5.94. The third-order valence-corrected chi connectivity index (χ3v) is 4.21. The van der Waals surface area contributed by atoms with Gasteiger partial charge in [0.1, 0.15) is 0 Å². The molecule has 0 aliphatic carbocycles. The molecule has 0 saturated carbocycles. The molecule has 12 heavy (non-hydrogen) atoms. The Balaban J connectivity index is 2.50. The number of aryl methyl sites for hydroxylation is 1. The second-order valence-electron chi connectivity index (χ2n) is 2.29. The largest absolute Gasteiger partial charge is 0.178 e. The van der Waals surface area contributed by atoms with Gasteiger partial charge in [0.15, 0.2) is 8.02 Å². The standard InChI is InChI=1S/C7H5IN2S2/c1-4-2-3-11-5(4)6-9-10-7(8)12-6/h2-3H,1H3. The smallest absolute Gasteiger partial charge is 0.141 e. The Morgan fingerprint density at radius 1 is 1.42 bits per heavy atom. The maximum Gasteiger partial charge on any atom is 0.178 e. The molecule has 62 valence electrons. The van der Waals surface area contributed by atoms with E-state index < -0.39 is 0 Å². The van der Waals surface area contributed by atoms with Crippen LogP contribution in [0.1, 0.15) is 5.56 Å². The Morgan fingerprint density at radius 3 is 2.75 bits per heavy atom. The molecule has 2 aromatic rings. The van der Waals surface area contributed by atoms with Crippen LogP contribution in [-0.2, 0) is 0 Å². The summed E-state index contributed by atoms with van der Waals surface area (Å²) in [5.74, 6) is 0. The van der Waals surface area contributed by atoms with Crippen LogP contribution in [0.4, 0.5) is 0 Å². The summed E-state index contributed by atoms with van der Waals surface area (Å²) >= 11 is 5.54. The molecular formula is C7H5IN2S2. The third kappa shape index (κ3) is 1.53. The van der Waals surface area contributed by atoms with Gasteiger partial charge < -0.3 is 0 Å². The number of aromatic nitrogens is 2. The Labute approximate surface area is 91.8 Å². The van der Waals surface area contributed by atoms with Crippen LogP contribution in [-0.4, -0.2) is 10.2 Å². The van der Waals surface area contributed by atoms with E-state index in [0.29, 0.717) is 0 Å². The molecule has 0 aromatic carbocycles. The molecule has 0 aliphatic heterocycles. The van der Waals surface area contributed by atoms with Gasteiger partial charge in [0, 0.05) is 0 Å². The number of hydrogen-bond acceptors (Lipinski definition) is 4. The van der Waals surface area contributed by atoms with E-state index in [0.717, 1.165) is 8.02 Å². The fraction of sp³-hybridized carbons (Fsp3) is 0.143. The average Bonchev–Trinajstić information content (AvgIpc) is 2.58. The average molecular weight is 308 g/mol. The fourth-order valence-electron chi connectivity index (χ4n) is 0.889. The molecule has 0 saturated heterocycles. The minimum absolute atomic E-state index is 0.996. The third-order valence-electron chi connectivity index (χ3n) is 1.46. The molecule has 0 N–H and O–H groups in total. The van der Waals surface area contributed by atoms with Crippen molar-refractivity contribution in [2.24, 2.45) is 0 Å². The minimum atomic E-state index is 0.996. The van der Waals surface area contributed by atoms with Gasteiger partial charge in [-0.2, -0.15) is 0 Å². The van der Waals surface area contributed by atoms with Gasteiger partial charge in [-0.15, -0.1) is 21.5 Å². The Morgan fingerprint density at radius 2 is 2.25 bits per heavy atom. The first kappa shape index (κ1) is 8.58. The summed E-state index contributed by atoms with van der Waals surface area (Å²) in [5.41, 5.74) is 1.28. The minimum Gasteiger partial charge on any atom is -0.141 e. The molecule has 0 amide bonds. The first-order valence-electron chi connectivity index (χ1n) is 3.31. The summed E-state index contributed by atoms with van der Waals surface area (Å²) in [6.45, 7) is 2.10. The lowest BCUT2D eigenvalue weighted by Gasteiger charge is -1.88. The Hall–Kier alpha value is -0.0100. The van der Waals surface area contributed by atoms with Crippen molar-refractivity contribution in [3.05, 3.63) is 20.0 Å². The van der Waals surface area contributed by atoms with Crippen LogP contribution in [0.15, 0.2) is 11.4 Å². The molecule has 0 radical (unpaired) electrons. The van der Waals surface area contributed by atoms with Gasteiger partial charge in [0.2, 0.25) is 0 Å². The molecule has 2 rings (SSSR count). The molecule has 0 spiro atoms. The highest BCUT2D eigenvalue weighted by molar-refractivity contribution is 14.1. The number of hydrogen-bond donors (Lipinski definition) is 0. The zero-order valence-electron chi connectivity index (χ0n) is 6.24. The van der Waals surface area contributed by atoms with Crippen molar-refractivity contribution in [1.29, 1.82) is 0 Å². The van der Waals surface area contributed by atoms with E-state index in [2.05, 4.69) is 51.2 Å². The molecule has 0 atom stereocenters. The van der Waals surface area contributed by atoms with Crippen LogP contribution in [0.5, 0.6) is 0 Å². The molecule has 5 heteroatoms. The zero-order valence-corrected chi connectivity index (χ0v) is 10.0. The van der Waals surface area contributed by atoms with Gasteiger partial charge in [-0.05, 0) is 46.5 Å². The summed E-state index contributed by atoms with van der Waals surface area (Å²) in [4.78, 5) is 1.25. The van der Waals surface area contributed by atoms with Gasteiger partial charge >= 0.3 is 0 Å². The summed E-state index contributed by atoms with van der Waals surface area (Å²) < 4.78 is 0.996. The molecule has 2 heterocycles. The highest BCUT2D eigenvalue weighted by atomic mass is 127. The van der Waals surface area contributed by atoms with Crippen molar-refractivity contribution in [3.8, 4) is 9.88 Å². The predicted molar refractivity (Wildman–Crippen MR) is 60.7 cm³/mol. The molecule has 2 nitrogen and oxygen atoms in total. The quantitative estimate of drug-likeness (QED) is 0.756. The molecule has 2 aromatic heterocycles. The van der Waals surface area contributed by atoms with Gasteiger partial charge in [0.25, 0.3) is 0 Å². The van der Waals surface area contributed by atoms with Crippen molar-refractivity contribution in [2.45, 2.75) is 6.92 Å². The van der Waals surface area contributed by atoms with E-state index in [4.69, 9.17) is 0 Å². The Bertz CT molecular complexity index is 394. The number of halogens is 1. The fourth-order valence-corrected chi connectivity index (χ4v) is 3.27. The number of thiophene rings is 1. The predicted octanol–water partition coefficient (Wildman–Crippen LogP) is 3.18. The van der Waals surface area contributed by atoms with Crippen LogP contribution in [0.25, 0.3) is 9.88 Å². The van der Waals surface area contributed by atoms with Crippen LogP contribution < -0.4 is 0 Å². The first-order valence-corrected chi connectivity index (χ1v) is 6.08. The molecule has 0 fully saturated rings. The van der Waals surface area contributed by atoms with Crippen molar-refractivity contribution in [1.82, 2.24) is 10.2 Å². The van der Waals surface area contributed by atoms with Crippen molar-refractivity contribution in [3.63, 3.8) is 0 Å². The summed E-state index contributed by atoms with van der Waals surface area (Å²) in [6.07, 6.45) is 0. The molecule has 0 bridgehead atoms. The van der Waals surface area contributed by atoms with E-state index in [1.54, 1.807) is 22.7 Å². The maximum absolute atomic E-state index is 4.09. The normalized spacial score (nSPS) is 10.5. The highest BCUT2D eigenvalue weighted by Gasteiger charge is 2.08. The Kier molecular flexibility index (Phi) is 2.42. The van der Waals surface area contributed by atoms with Crippen LogP contribution in [0.2, 0.25) is 0 Å². The lowest BCUT2D eigenvalue weighted by molar-refractivity contribution is 1.07. The molecule has 0 aliphatic rings. The topological polar surface area (TPSA) is 25.8 Å². The van der Waals surface area contributed by atoms with Gasteiger partial charge in [-0.1, -0.05) is 11.3 Å². The van der Waals surface area contributed by atoms with E-state index in [1.807, 2.05) is 0 Å². The van der Waals surface area contributed by atoms with E-state index in [9.17, 15) is 0 Å². The van der Waals surface area contributed by atoms with Gasteiger partial charge in [-0.3, -0.25) is 0 Å². The zero-order chi connectivity index (χ0) is 8.55. The second kappa shape index (κ2) is 3.39. The van der Waals surface area contributed by atoms with Crippen molar-refractivity contribution in [2.75, 3.05) is 0 Å². The summed E-state index contributed by atoms with van der Waals surface area (Å²) in [6, 6.07) is 2.11. The maximum atomic E-state index is 4.09.